The summed E-state index contributed by atoms with van der Waals surface area (Å²) in [6, 6.07) is 0.0990. The molecular weight excluding hydrogens is 302 g/mol. The molecule has 120 valence electrons. The maximum absolute atomic E-state index is 12.5. The summed E-state index contributed by atoms with van der Waals surface area (Å²) in [6.45, 7) is 5.92. The lowest BCUT2D eigenvalue weighted by Gasteiger charge is -2.36. The van der Waals surface area contributed by atoms with E-state index < -0.39 is 0 Å². The van der Waals surface area contributed by atoms with Gasteiger partial charge in [0.25, 0.3) is 0 Å². The summed E-state index contributed by atoms with van der Waals surface area (Å²) in [6.07, 6.45) is 1.84. The van der Waals surface area contributed by atoms with Crippen molar-refractivity contribution in [2.75, 3.05) is 24.6 Å². The molecule has 0 bridgehead atoms. The number of rotatable bonds is 3. The number of carbonyl (C=O) groups is 2. The molecule has 1 aromatic rings. The van der Waals surface area contributed by atoms with Gasteiger partial charge >= 0.3 is 0 Å². The molecule has 2 atom stereocenters. The summed E-state index contributed by atoms with van der Waals surface area (Å²) in [5.41, 5.74) is 0.746. The second-order valence-corrected chi connectivity index (χ2v) is 6.82. The molecule has 0 aliphatic carbocycles. The van der Waals surface area contributed by atoms with Crippen LogP contribution < -0.4 is 4.90 Å². The molecule has 1 aromatic heterocycles. The first-order valence-electron chi connectivity index (χ1n) is 7.70. The van der Waals surface area contributed by atoms with Crippen molar-refractivity contribution >= 4 is 28.3 Å². The maximum Gasteiger partial charge on any atom is 0.229 e. The van der Waals surface area contributed by atoms with E-state index in [0.717, 1.165) is 18.7 Å². The van der Waals surface area contributed by atoms with Crippen LogP contribution in [0.15, 0.2) is 5.38 Å². The largest absolute Gasteiger partial charge is 0.375 e. The van der Waals surface area contributed by atoms with Crippen molar-refractivity contribution in [3.8, 4) is 0 Å². The van der Waals surface area contributed by atoms with E-state index in [4.69, 9.17) is 4.74 Å². The molecule has 2 saturated heterocycles. The molecule has 2 aliphatic heterocycles. The van der Waals surface area contributed by atoms with E-state index in [2.05, 4.69) is 4.98 Å². The summed E-state index contributed by atoms with van der Waals surface area (Å²) in [7, 11) is 0. The van der Waals surface area contributed by atoms with Gasteiger partial charge in [-0.3, -0.25) is 14.5 Å². The summed E-state index contributed by atoms with van der Waals surface area (Å²) in [5.74, 6) is 0.204. The molecule has 22 heavy (non-hydrogen) atoms. The Hall–Kier alpha value is -1.47. The highest BCUT2D eigenvalue weighted by atomic mass is 32.1. The predicted octanol–water partition coefficient (Wildman–Crippen LogP) is 1.45. The molecule has 2 aliphatic rings. The number of nitrogens with zero attached hydrogens (tertiary/aromatic N) is 3. The number of morpholine rings is 1. The van der Waals surface area contributed by atoms with Gasteiger partial charge in [0.2, 0.25) is 11.8 Å². The summed E-state index contributed by atoms with van der Waals surface area (Å²) in [4.78, 5) is 32.3. The molecule has 0 aromatic carbocycles. The molecular formula is C15H21N3O3S. The molecule has 0 radical (unpaired) electrons. The summed E-state index contributed by atoms with van der Waals surface area (Å²) < 4.78 is 5.55. The normalized spacial score (nSPS) is 25.8. The zero-order valence-electron chi connectivity index (χ0n) is 12.9. The Morgan fingerprint density at radius 3 is 3.05 bits per heavy atom. The molecule has 6 nitrogen and oxygen atoms in total. The number of hydrogen-bond donors (Lipinski definition) is 0. The van der Waals surface area contributed by atoms with Gasteiger partial charge in [0.15, 0.2) is 5.13 Å². The first kappa shape index (κ1) is 15.4. The fourth-order valence-electron chi connectivity index (χ4n) is 2.86. The van der Waals surface area contributed by atoms with Crippen LogP contribution in [0.5, 0.6) is 0 Å². The maximum atomic E-state index is 12.5. The second kappa shape index (κ2) is 6.34. The van der Waals surface area contributed by atoms with E-state index in [-0.39, 0.29) is 30.4 Å². The zero-order valence-corrected chi connectivity index (χ0v) is 13.8. The van der Waals surface area contributed by atoms with Crippen LogP contribution in [0, 0.1) is 0 Å². The highest BCUT2D eigenvalue weighted by Gasteiger charge is 2.29. The van der Waals surface area contributed by atoms with Gasteiger partial charge in [-0.15, -0.1) is 11.3 Å². The van der Waals surface area contributed by atoms with Crippen LogP contribution >= 0.6 is 11.3 Å². The third-order valence-corrected chi connectivity index (χ3v) is 5.02. The highest BCUT2D eigenvalue weighted by molar-refractivity contribution is 7.14. The third-order valence-electron chi connectivity index (χ3n) is 4.10. The van der Waals surface area contributed by atoms with E-state index >= 15 is 0 Å². The molecule has 0 unspecified atom stereocenters. The number of hydrogen-bond acceptors (Lipinski definition) is 5. The quantitative estimate of drug-likeness (QED) is 0.844. The Kier molecular flexibility index (Phi) is 4.44. The number of amides is 2. The van der Waals surface area contributed by atoms with Gasteiger partial charge in [-0.1, -0.05) is 0 Å². The molecule has 2 fully saturated rings. The first-order valence-corrected chi connectivity index (χ1v) is 8.58. The minimum absolute atomic E-state index is 0.0762. The van der Waals surface area contributed by atoms with Gasteiger partial charge in [0, 0.05) is 24.9 Å². The Morgan fingerprint density at radius 1 is 1.50 bits per heavy atom. The molecule has 0 N–H and O–H groups in total. The summed E-state index contributed by atoms with van der Waals surface area (Å²) in [5, 5.41) is 2.60. The predicted molar refractivity (Wildman–Crippen MR) is 84.0 cm³/mol. The fraction of sp³-hybridized carbons (Fsp3) is 0.667. The van der Waals surface area contributed by atoms with Crippen molar-refractivity contribution in [1.82, 2.24) is 9.88 Å². The number of anilines is 1. The fourth-order valence-corrected chi connectivity index (χ4v) is 3.73. The van der Waals surface area contributed by atoms with E-state index in [1.807, 2.05) is 24.1 Å². The SMILES string of the molecule is C[C@@H]1CN(C(=O)Cc2csc(N3CCCC3=O)n2)[C@H](C)CO1. The van der Waals surface area contributed by atoms with Gasteiger partial charge < -0.3 is 9.64 Å². The van der Waals surface area contributed by atoms with E-state index in [9.17, 15) is 9.59 Å². The van der Waals surface area contributed by atoms with Crippen LogP contribution in [0.3, 0.4) is 0 Å². The Morgan fingerprint density at radius 2 is 2.32 bits per heavy atom. The van der Waals surface area contributed by atoms with Crippen LogP contribution in [0.1, 0.15) is 32.4 Å². The minimum atomic E-state index is 0.0762. The standard InChI is InChI=1S/C15H21N3O3S/c1-10-8-21-11(2)7-18(10)14(20)6-12-9-22-15(16-12)17-5-3-4-13(17)19/h9-11H,3-8H2,1-2H3/t10-,11-/m1/s1. The summed E-state index contributed by atoms with van der Waals surface area (Å²) >= 11 is 1.44. The van der Waals surface area contributed by atoms with Crippen molar-refractivity contribution in [1.29, 1.82) is 0 Å². The monoisotopic (exact) mass is 323 g/mol. The number of ether oxygens (including phenoxy) is 1. The van der Waals surface area contributed by atoms with Gasteiger partial charge in [0.1, 0.15) is 0 Å². The zero-order chi connectivity index (χ0) is 15.7. The van der Waals surface area contributed by atoms with Crippen molar-refractivity contribution in [2.24, 2.45) is 0 Å². The average Bonchev–Trinajstić information content (AvgIpc) is 3.10. The van der Waals surface area contributed by atoms with Gasteiger partial charge in [-0.05, 0) is 20.3 Å². The van der Waals surface area contributed by atoms with Crippen molar-refractivity contribution in [2.45, 2.75) is 45.3 Å². The van der Waals surface area contributed by atoms with Crippen molar-refractivity contribution in [3.63, 3.8) is 0 Å². The Bertz CT molecular complexity index is 574. The van der Waals surface area contributed by atoms with Crippen molar-refractivity contribution < 1.29 is 14.3 Å². The molecule has 3 rings (SSSR count). The molecule has 3 heterocycles. The van der Waals surface area contributed by atoms with Crippen molar-refractivity contribution in [3.05, 3.63) is 11.1 Å². The van der Waals surface area contributed by atoms with E-state index in [1.165, 1.54) is 11.3 Å². The Labute approximate surface area is 134 Å². The van der Waals surface area contributed by atoms with Crippen LogP contribution in [0.25, 0.3) is 0 Å². The van der Waals surface area contributed by atoms with Crippen LogP contribution in [0.2, 0.25) is 0 Å². The average molecular weight is 323 g/mol. The van der Waals surface area contributed by atoms with Crippen LogP contribution in [0.4, 0.5) is 5.13 Å². The lowest BCUT2D eigenvalue weighted by Crippen LogP contribution is -2.50. The minimum Gasteiger partial charge on any atom is -0.375 e. The highest BCUT2D eigenvalue weighted by Crippen LogP contribution is 2.25. The van der Waals surface area contributed by atoms with E-state index in [1.54, 1.807) is 4.90 Å². The van der Waals surface area contributed by atoms with Crippen LogP contribution in [-0.4, -0.2) is 53.5 Å². The van der Waals surface area contributed by atoms with Gasteiger partial charge in [-0.2, -0.15) is 0 Å². The third kappa shape index (κ3) is 3.15. The molecule has 0 saturated carbocycles. The number of aromatic nitrogens is 1. The molecule has 7 heteroatoms. The van der Waals surface area contributed by atoms with Crippen LogP contribution in [-0.2, 0) is 20.7 Å². The first-order chi connectivity index (χ1) is 10.5. The number of thiazole rings is 1. The van der Waals surface area contributed by atoms with Gasteiger partial charge in [0.05, 0.1) is 30.9 Å². The smallest absolute Gasteiger partial charge is 0.229 e. The molecule has 2 amide bonds. The Balaban J connectivity index is 1.64. The lowest BCUT2D eigenvalue weighted by molar-refractivity contribution is -0.142. The molecule has 0 spiro atoms. The lowest BCUT2D eigenvalue weighted by atomic mass is 10.2. The number of carbonyl (C=O) groups excluding carboxylic acids is 2. The topological polar surface area (TPSA) is 62.7 Å². The van der Waals surface area contributed by atoms with Gasteiger partial charge in [-0.25, -0.2) is 4.98 Å². The van der Waals surface area contributed by atoms with E-state index in [0.29, 0.717) is 24.7 Å². The second-order valence-electron chi connectivity index (χ2n) is 5.99.